The van der Waals surface area contributed by atoms with E-state index in [1.165, 1.54) is 41.8 Å². The maximum atomic E-state index is 3.60. The Kier molecular flexibility index (Phi) is 10.7. The van der Waals surface area contributed by atoms with Gasteiger partial charge in [-0.05, 0) is 83.5 Å². The van der Waals surface area contributed by atoms with Crippen molar-refractivity contribution in [1.82, 2.24) is 4.90 Å². The van der Waals surface area contributed by atoms with Gasteiger partial charge in [0.1, 0.15) is 0 Å². The van der Waals surface area contributed by atoms with E-state index in [-0.39, 0.29) is 0 Å². The standard InChI is InChI=1S/C24H42N2/c1-8-16-25-24-13-11-12-20(5)23(24)18-19(4)14-15-22(7)26(17-9-2)21(6)10-3/h11-14,21-22,25H,8-10,15-18H2,1-7H3/b19-14-. The Morgan fingerprint density at radius 2 is 1.85 bits per heavy atom. The molecule has 148 valence electrons. The molecule has 0 aliphatic carbocycles. The Hall–Kier alpha value is -1.28. The van der Waals surface area contributed by atoms with Gasteiger partial charge in [-0.15, -0.1) is 0 Å². The first-order valence-electron chi connectivity index (χ1n) is 10.7. The first-order chi connectivity index (χ1) is 12.4. The molecule has 2 heteroatoms. The largest absolute Gasteiger partial charge is 0.385 e. The molecule has 1 N–H and O–H groups in total. The van der Waals surface area contributed by atoms with Crippen molar-refractivity contribution < 1.29 is 0 Å². The highest BCUT2D eigenvalue weighted by molar-refractivity contribution is 5.55. The van der Waals surface area contributed by atoms with Crippen molar-refractivity contribution in [2.75, 3.05) is 18.4 Å². The van der Waals surface area contributed by atoms with E-state index in [1.54, 1.807) is 0 Å². The maximum absolute atomic E-state index is 3.60. The molecule has 0 aromatic heterocycles. The maximum Gasteiger partial charge on any atom is 0.0378 e. The molecule has 26 heavy (non-hydrogen) atoms. The zero-order chi connectivity index (χ0) is 19.5. The molecule has 0 saturated heterocycles. The third-order valence-electron chi connectivity index (χ3n) is 5.44. The van der Waals surface area contributed by atoms with Crippen LogP contribution in [0.3, 0.4) is 0 Å². The predicted molar refractivity (Wildman–Crippen MR) is 118 cm³/mol. The Morgan fingerprint density at radius 3 is 2.46 bits per heavy atom. The minimum atomic E-state index is 0.606. The van der Waals surface area contributed by atoms with E-state index in [2.05, 4.69) is 83.0 Å². The quantitative estimate of drug-likeness (QED) is 0.424. The minimum Gasteiger partial charge on any atom is -0.385 e. The van der Waals surface area contributed by atoms with Crippen LogP contribution >= 0.6 is 0 Å². The first kappa shape index (κ1) is 22.8. The van der Waals surface area contributed by atoms with Crippen molar-refractivity contribution in [2.24, 2.45) is 0 Å². The fourth-order valence-corrected chi connectivity index (χ4v) is 3.59. The van der Waals surface area contributed by atoms with Crippen LogP contribution in [0, 0.1) is 6.92 Å². The number of anilines is 1. The fourth-order valence-electron chi connectivity index (χ4n) is 3.59. The lowest BCUT2D eigenvalue weighted by Gasteiger charge is -2.33. The van der Waals surface area contributed by atoms with E-state index >= 15 is 0 Å². The normalized spacial score (nSPS) is 14.5. The van der Waals surface area contributed by atoms with Gasteiger partial charge >= 0.3 is 0 Å². The minimum absolute atomic E-state index is 0.606. The second-order valence-electron chi connectivity index (χ2n) is 7.83. The molecule has 2 unspecified atom stereocenters. The zero-order valence-electron chi connectivity index (χ0n) is 18.4. The molecule has 1 aromatic rings. The first-order valence-corrected chi connectivity index (χ1v) is 10.7. The van der Waals surface area contributed by atoms with Crippen LogP contribution < -0.4 is 5.32 Å². The number of allylic oxidation sites excluding steroid dienone is 1. The SMILES string of the molecule is CCCNc1cccc(C)c1C/C(C)=C\CC(C)N(CCC)C(C)CC. The summed E-state index contributed by atoms with van der Waals surface area (Å²) in [4.78, 5) is 2.67. The van der Waals surface area contributed by atoms with Gasteiger partial charge in [-0.3, -0.25) is 4.90 Å². The van der Waals surface area contributed by atoms with Crippen molar-refractivity contribution in [3.63, 3.8) is 0 Å². The summed E-state index contributed by atoms with van der Waals surface area (Å²) in [6.45, 7) is 18.3. The summed E-state index contributed by atoms with van der Waals surface area (Å²) in [5.41, 5.74) is 5.62. The van der Waals surface area contributed by atoms with Gasteiger partial charge < -0.3 is 5.32 Å². The second kappa shape index (κ2) is 12.2. The van der Waals surface area contributed by atoms with Crippen molar-refractivity contribution in [3.8, 4) is 0 Å². The van der Waals surface area contributed by atoms with Crippen molar-refractivity contribution in [1.29, 1.82) is 0 Å². The number of benzene rings is 1. The topological polar surface area (TPSA) is 15.3 Å². The van der Waals surface area contributed by atoms with Crippen molar-refractivity contribution >= 4 is 5.69 Å². The van der Waals surface area contributed by atoms with E-state index in [4.69, 9.17) is 0 Å². The molecule has 1 rings (SSSR count). The highest BCUT2D eigenvalue weighted by Crippen LogP contribution is 2.23. The molecule has 0 aliphatic heterocycles. The second-order valence-corrected chi connectivity index (χ2v) is 7.83. The van der Waals surface area contributed by atoms with Crippen molar-refractivity contribution in [2.45, 2.75) is 92.7 Å². The lowest BCUT2D eigenvalue weighted by molar-refractivity contribution is 0.150. The lowest BCUT2D eigenvalue weighted by atomic mass is 9.98. The molecule has 2 nitrogen and oxygen atoms in total. The highest BCUT2D eigenvalue weighted by Gasteiger charge is 2.17. The Labute approximate surface area is 163 Å². The predicted octanol–water partition coefficient (Wildman–Crippen LogP) is 6.59. The Morgan fingerprint density at radius 1 is 1.12 bits per heavy atom. The van der Waals surface area contributed by atoms with E-state index in [9.17, 15) is 0 Å². The van der Waals surface area contributed by atoms with E-state index < -0.39 is 0 Å². The molecule has 0 amide bonds. The van der Waals surface area contributed by atoms with E-state index in [0.29, 0.717) is 12.1 Å². The van der Waals surface area contributed by atoms with Gasteiger partial charge in [0.05, 0.1) is 0 Å². The summed E-state index contributed by atoms with van der Waals surface area (Å²) >= 11 is 0. The summed E-state index contributed by atoms with van der Waals surface area (Å²) in [5, 5.41) is 3.60. The number of nitrogens with zero attached hydrogens (tertiary/aromatic N) is 1. The van der Waals surface area contributed by atoms with Crippen LogP contribution in [0.2, 0.25) is 0 Å². The molecule has 0 bridgehead atoms. The number of rotatable bonds is 12. The molecule has 0 saturated carbocycles. The summed E-state index contributed by atoms with van der Waals surface area (Å²) in [6, 6.07) is 7.88. The average Bonchev–Trinajstić information content (AvgIpc) is 2.64. The number of aryl methyl sites for hydroxylation is 1. The van der Waals surface area contributed by atoms with Gasteiger partial charge in [0.25, 0.3) is 0 Å². The number of nitrogens with one attached hydrogen (secondary N) is 1. The summed E-state index contributed by atoms with van der Waals surface area (Å²) in [6.07, 6.45) is 8.26. The third kappa shape index (κ3) is 7.15. The van der Waals surface area contributed by atoms with Crippen LogP contribution in [0.5, 0.6) is 0 Å². The van der Waals surface area contributed by atoms with E-state index in [0.717, 1.165) is 25.8 Å². The Balaban J connectivity index is 2.79. The molecule has 0 aliphatic rings. The molecule has 0 spiro atoms. The molecule has 0 radical (unpaired) electrons. The van der Waals surface area contributed by atoms with Gasteiger partial charge in [-0.1, -0.05) is 44.6 Å². The van der Waals surface area contributed by atoms with Gasteiger partial charge in [0, 0.05) is 24.3 Å². The van der Waals surface area contributed by atoms with Crippen LogP contribution in [0.4, 0.5) is 5.69 Å². The van der Waals surface area contributed by atoms with Gasteiger partial charge in [-0.25, -0.2) is 0 Å². The highest BCUT2D eigenvalue weighted by atomic mass is 15.2. The van der Waals surface area contributed by atoms with Gasteiger partial charge in [-0.2, -0.15) is 0 Å². The molecule has 0 fully saturated rings. The average molecular weight is 359 g/mol. The fraction of sp³-hybridized carbons (Fsp3) is 0.667. The molecule has 0 heterocycles. The molecular formula is C24H42N2. The van der Waals surface area contributed by atoms with Crippen LogP contribution in [0.1, 0.15) is 78.4 Å². The monoisotopic (exact) mass is 358 g/mol. The summed E-state index contributed by atoms with van der Waals surface area (Å²) in [7, 11) is 0. The van der Waals surface area contributed by atoms with Crippen molar-refractivity contribution in [3.05, 3.63) is 41.0 Å². The number of hydrogen-bond donors (Lipinski definition) is 1. The zero-order valence-corrected chi connectivity index (χ0v) is 18.4. The van der Waals surface area contributed by atoms with Gasteiger partial charge in [0.2, 0.25) is 0 Å². The number of hydrogen-bond acceptors (Lipinski definition) is 2. The molecule has 2 atom stereocenters. The summed E-state index contributed by atoms with van der Waals surface area (Å²) < 4.78 is 0. The van der Waals surface area contributed by atoms with Gasteiger partial charge in [0.15, 0.2) is 0 Å². The lowest BCUT2D eigenvalue weighted by Crippen LogP contribution is -2.40. The van der Waals surface area contributed by atoms with Crippen LogP contribution in [-0.2, 0) is 6.42 Å². The molecular weight excluding hydrogens is 316 g/mol. The smallest absolute Gasteiger partial charge is 0.0378 e. The van der Waals surface area contributed by atoms with Crippen LogP contribution in [-0.4, -0.2) is 30.1 Å². The van der Waals surface area contributed by atoms with Crippen LogP contribution in [0.25, 0.3) is 0 Å². The summed E-state index contributed by atoms with van der Waals surface area (Å²) in [5.74, 6) is 0. The Bertz CT molecular complexity index is 547. The van der Waals surface area contributed by atoms with E-state index in [1.807, 2.05) is 0 Å². The molecule has 1 aromatic carbocycles. The third-order valence-corrected chi connectivity index (χ3v) is 5.44. The van der Waals surface area contributed by atoms with Crippen LogP contribution in [0.15, 0.2) is 29.8 Å².